The highest BCUT2D eigenvalue weighted by molar-refractivity contribution is 6.30. The minimum Gasteiger partial charge on any atom is -0.473 e. The Bertz CT molecular complexity index is 1880. The number of hydrogen-bond acceptors (Lipinski definition) is 8. The summed E-state index contributed by atoms with van der Waals surface area (Å²) in [5.74, 6) is 1.80. The van der Waals surface area contributed by atoms with Crippen molar-refractivity contribution in [1.82, 2.24) is 34.4 Å². The Hall–Kier alpha value is -3.90. The van der Waals surface area contributed by atoms with Crippen molar-refractivity contribution < 1.29 is 18.6 Å². The zero-order valence-electron chi connectivity index (χ0n) is 26.8. The van der Waals surface area contributed by atoms with Gasteiger partial charge in [-0.05, 0) is 81.6 Å². The van der Waals surface area contributed by atoms with Crippen LogP contribution in [0.4, 0.5) is 4.39 Å². The molecule has 5 aromatic rings. The summed E-state index contributed by atoms with van der Waals surface area (Å²) in [6.07, 6.45) is 7.43. The average Bonchev–Trinajstić information content (AvgIpc) is 3.72. The number of nitrogens with zero attached hydrogens (tertiary/aromatic N) is 7. The lowest BCUT2D eigenvalue weighted by Gasteiger charge is -2.32. The quantitative estimate of drug-likeness (QED) is 0.167. The summed E-state index contributed by atoms with van der Waals surface area (Å²) in [5.41, 5.74) is 5.46. The smallest absolute Gasteiger partial charge is 0.213 e. The lowest BCUT2D eigenvalue weighted by Crippen LogP contribution is -2.35. The number of aromatic nitrogens is 6. The third-order valence-corrected chi connectivity index (χ3v) is 10.1. The predicted octanol–water partition coefficient (Wildman–Crippen LogP) is 6.45. The molecule has 2 aromatic carbocycles. The number of benzene rings is 2. The Morgan fingerprint density at radius 1 is 0.938 bits per heavy atom. The number of piperidine rings is 1. The zero-order valence-corrected chi connectivity index (χ0v) is 27.6. The van der Waals surface area contributed by atoms with Gasteiger partial charge in [0.05, 0.1) is 54.4 Å². The second-order valence-electron chi connectivity index (χ2n) is 13.1. The van der Waals surface area contributed by atoms with Crippen LogP contribution in [0.25, 0.3) is 16.7 Å². The summed E-state index contributed by atoms with van der Waals surface area (Å²) in [4.78, 5) is 12.4. The van der Waals surface area contributed by atoms with E-state index >= 15 is 0 Å². The van der Waals surface area contributed by atoms with Crippen molar-refractivity contribution in [3.63, 3.8) is 0 Å². The molecule has 1 unspecified atom stereocenters. The molecule has 8 rings (SSSR count). The highest BCUT2D eigenvalue weighted by atomic mass is 35.5. The third kappa shape index (κ3) is 6.82. The number of ether oxygens (including phenoxy) is 3. The Balaban J connectivity index is 0.941. The molecular formula is C36H39ClFN7O3. The highest BCUT2D eigenvalue weighted by Gasteiger charge is 2.26. The molecule has 0 bridgehead atoms. The summed E-state index contributed by atoms with van der Waals surface area (Å²) in [6, 6.07) is 16.8. The molecule has 10 nitrogen and oxygen atoms in total. The third-order valence-electron chi connectivity index (χ3n) is 9.85. The van der Waals surface area contributed by atoms with E-state index in [-0.39, 0.29) is 18.5 Å². The van der Waals surface area contributed by atoms with E-state index in [0.29, 0.717) is 34.9 Å². The number of rotatable bonds is 10. The van der Waals surface area contributed by atoms with Crippen LogP contribution in [0.2, 0.25) is 5.02 Å². The number of hydrogen-bond donors (Lipinski definition) is 0. The first-order chi connectivity index (χ1) is 23.6. The largest absolute Gasteiger partial charge is 0.473 e. The molecule has 0 spiro atoms. The SMILES string of the molecule is Fc1cc(Cl)ccc1COc1cccc(C2CCN(Cc3nc4cc(-n5cc(C6CCCOC6)nn5)ccc4n3C[C@@H]3CCO3)CC2)n1. The summed E-state index contributed by atoms with van der Waals surface area (Å²) in [6.45, 7) is 5.90. The average molecular weight is 672 g/mol. The Kier molecular flexibility index (Phi) is 9.09. The van der Waals surface area contributed by atoms with E-state index < -0.39 is 0 Å². The van der Waals surface area contributed by atoms with Crippen LogP contribution in [-0.4, -0.2) is 73.4 Å². The molecule has 3 aliphatic heterocycles. The van der Waals surface area contributed by atoms with E-state index in [0.717, 1.165) is 105 Å². The molecular weight excluding hydrogens is 633 g/mol. The molecule has 3 saturated heterocycles. The molecule has 3 aromatic heterocycles. The number of pyridine rings is 1. The molecule has 6 heterocycles. The maximum atomic E-state index is 14.2. The van der Waals surface area contributed by atoms with Crippen LogP contribution in [0.3, 0.4) is 0 Å². The second kappa shape index (κ2) is 13.9. The maximum absolute atomic E-state index is 14.2. The van der Waals surface area contributed by atoms with Crippen molar-refractivity contribution in [2.45, 2.75) is 69.7 Å². The van der Waals surface area contributed by atoms with E-state index in [2.05, 4.69) is 44.0 Å². The summed E-state index contributed by atoms with van der Waals surface area (Å²) in [5, 5.41) is 9.28. The molecule has 48 heavy (non-hydrogen) atoms. The van der Waals surface area contributed by atoms with Gasteiger partial charge in [0, 0.05) is 47.4 Å². The Labute approximate surface area is 283 Å². The fourth-order valence-electron chi connectivity index (χ4n) is 6.95. The molecule has 2 atom stereocenters. The van der Waals surface area contributed by atoms with Crippen molar-refractivity contribution in [1.29, 1.82) is 0 Å². The number of halogens is 2. The van der Waals surface area contributed by atoms with Gasteiger partial charge in [-0.1, -0.05) is 28.9 Å². The van der Waals surface area contributed by atoms with Crippen LogP contribution < -0.4 is 4.74 Å². The summed E-state index contributed by atoms with van der Waals surface area (Å²) >= 11 is 5.89. The van der Waals surface area contributed by atoms with E-state index in [1.54, 1.807) is 12.1 Å². The Morgan fingerprint density at radius 2 is 1.83 bits per heavy atom. The molecule has 250 valence electrons. The number of imidazole rings is 1. The van der Waals surface area contributed by atoms with Gasteiger partial charge in [-0.3, -0.25) is 4.90 Å². The molecule has 3 fully saturated rings. The lowest BCUT2D eigenvalue weighted by molar-refractivity contribution is -0.0592. The topological polar surface area (TPSA) is 92.3 Å². The predicted molar refractivity (Wildman–Crippen MR) is 179 cm³/mol. The standard InChI is InChI=1S/C36H39ClFN7O3/c37-27-7-6-25(30(38)17-27)23-48-36-5-1-4-31(40-36)24-10-13-43(14-11-24)21-35-39-32-18-28(8-9-34(32)44(35)19-29-12-16-47-29)45-20-33(41-42-45)26-3-2-15-46-22-26/h1,4-9,17-18,20,24,26,29H,2-3,10-16,19,21-23H2/t26?,29-/m0/s1. The molecule has 0 radical (unpaired) electrons. The van der Waals surface area contributed by atoms with Crippen LogP contribution >= 0.6 is 11.6 Å². The van der Waals surface area contributed by atoms with Crippen LogP contribution in [0, 0.1) is 5.82 Å². The molecule has 0 N–H and O–H groups in total. The van der Waals surface area contributed by atoms with Gasteiger partial charge >= 0.3 is 0 Å². The van der Waals surface area contributed by atoms with Gasteiger partial charge < -0.3 is 18.8 Å². The van der Waals surface area contributed by atoms with Crippen LogP contribution in [-0.2, 0) is 29.2 Å². The molecule has 0 saturated carbocycles. The van der Waals surface area contributed by atoms with Crippen molar-refractivity contribution in [2.75, 3.05) is 32.9 Å². The summed E-state index contributed by atoms with van der Waals surface area (Å²) in [7, 11) is 0. The molecule has 3 aliphatic rings. The minimum absolute atomic E-state index is 0.0993. The molecule has 0 amide bonds. The zero-order chi connectivity index (χ0) is 32.5. The minimum atomic E-state index is -0.380. The number of fused-ring (bicyclic) bond motifs is 1. The van der Waals surface area contributed by atoms with E-state index in [4.69, 9.17) is 35.8 Å². The monoisotopic (exact) mass is 671 g/mol. The first-order valence-corrected chi connectivity index (χ1v) is 17.3. The van der Waals surface area contributed by atoms with E-state index in [9.17, 15) is 4.39 Å². The van der Waals surface area contributed by atoms with E-state index in [1.165, 1.54) is 6.07 Å². The first-order valence-electron chi connectivity index (χ1n) is 16.9. The van der Waals surface area contributed by atoms with Crippen LogP contribution in [0.15, 0.2) is 60.8 Å². The fourth-order valence-corrected chi connectivity index (χ4v) is 7.11. The van der Waals surface area contributed by atoms with Crippen molar-refractivity contribution in [3.8, 4) is 11.6 Å². The van der Waals surface area contributed by atoms with Crippen LogP contribution in [0.5, 0.6) is 5.88 Å². The van der Waals surface area contributed by atoms with Gasteiger partial charge in [0.15, 0.2) is 0 Å². The maximum Gasteiger partial charge on any atom is 0.213 e. The highest BCUT2D eigenvalue weighted by Crippen LogP contribution is 2.31. The second-order valence-corrected chi connectivity index (χ2v) is 13.5. The van der Waals surface area contributed by atoms with E-state index in [1.807, 2.05) is 23.0 Å². The van der Waals surface area contributed by atoms with Crippen LogP contribution in [0.1, 0.15) is 66.7 Å². The van der Waals surface area contributed by atoms with Crippen molar-refractivity contribution in [2.24, 2.45) is 0 Å². The normalized spacial score (nSPS) is 20.6. The van der Waals surface area contributed by atoms with Gasteiger partial charge in [0.1, 0.15) is 18.2 Å². The van der Waals surface area contributed by atoms with Gasteiger partial charge in [-0.2, -0.15) is 0 Å². The van der Waals surface area contributed by atoms with Gasteiger partial charge in [0.2, 0.25) is 5.88 Å². The molecule has 12 heteroatoms. The lowest BCUT2D eigenvalue weighted by atomic mass is 9.93. The summed E-state index contributed by atoms with van der Waals surface area (Å²) < 4.78 is 35.8. The number of likely N-dealkylation sites (tertiary alicyclic amines) is 1. The van der Waals surface area contributed by atoms with Gasteiger partial charge in [-0.15, -0.1) is 5.10 Å². The Morgan fingerprint density at radius 3 is 2.62 bits per heavy atom. The fraction of sp³-hybridized carbons (Fsp3) is 0.444. The van der Waals surface area contributed by atoms with Crippen molar-refractivity contribution >= 4 is 22.6 Å². The van der Waals surface area contributed by atoms with Gasteiger partial charge in [0.25, 0.3) is 0 Å². The van der Waals surface area contributed by atoms with Crippen molar-refractivity contribution in [3.05, 3.63) is 94.4 Å². The molecule has 0 aliphatic carbocycles. The first kappa shape index (κ1) is 31.4. The van der Waals surface area contributed by atoms with Gasteiger partial charge in [-0.25, -0.2) is 19.0 Å².